The van der Waals surface area contributed by atoms with Crippen LogP contribution >= 0.6 is 15.9 Å². The second-order valence-corrected chi connectivity index (χ2v) is 4.32. The Morgan fingerprint density at radius 1 is 1.42 bits per heavy atom. The van der Waals surface area contributed by atoms with E-state index in [4.69, 9.17) is 5.73 Å². The summed E-state index contributed by atoms with van der Waals surface area (Å²) in [6.45, 7) is 0. The predicted octanol–water partition coefficient (Wildman–Crippen LogP) is 2.61. The lowest BCUT2D eigenvalue weighted by atomic mass is 10.3. The summed E-state index contributed by atoms with van der Waals surface area (Å²) >= 11 is 3.01. The molecule has 2 aromatic rings. The Morgan fingerprint density at radius 3 is 2.79 bits per heavy atom. The van der Waals surface area contributed by atoms with Crippen molar-refractivity contribution in [2.45, 2.75) is 0 Å². The quantitative estimate of drug-likeness (QED) is 0.662. The fraction of sp³-hybridized carbons (Fsp3) is 0. The number of hydrogen-bond donors (Lipinski definition) is 2. The predicted molar refractivity (Wildman–Crippen MR) is 70.5 cm³/mol. The highest BCUT2D eigenvalue weighted by molar-refractivity contribution is 9.10. The average molecular weight is 328 g/mol. The molecule has 0 amide bonds. The van der Waals surface area contributed by atoms with Crippen molar-refractivity contribution in [3.63, 3.8) is 0 Å². The van der Waals surface area contributed by atoms with Crippen molar-refractivity contribution in [3.05, 3.63) is 44.9 Å². The van der Waals surface area contributed by atoms with Gasteiger partial charge >= 0.3 is 5.69 Å². The van der Waals surface area contributed by atoms with E-state index in [2.05, 4.69) is 31.2 Å². The van der Waals surface area contributed by atoms with Gasteiger partial charge in [0.2, 0.25) is 11.6 Å². The molecular weight excluding hydrogens is 321 g/mol. The van der Waals surface area contributed by atoms with Crippen LogP contribution in [-0.2, 0) is 0 Å². The third-order valence-electron chi connectivity index (χ3n) is 2.22. The maximum Gasteiger partial charge on any atom is 0.353 e. The Morgan fingerprint density at radius 2 is 2.16 bits per heavy atom. The van der Waals surface area contributed by atoms with Gasteiger partial charge in [-0.05, 0) is 34.1 Å². The summed E-state index contributed by atoms with van der Waals surface area (Å²) in [6.07, 6.45) is 1.08. The van der Waals surface area contributed by atoms with E-state index in [0.29, 0.717) is 5.69 Å². The lowest BCUT2D eigenvalue weighted by Crippen LogP contribution is -2.05. The molecule has 0 bridgehead atoms. The van der Waals surface area contributed by atoms with Crippen LogP contribution in [0.15, 0.2) is 29.0 Å². The van der Waals surface area contributed by atoms with Crippen LogP contribution in [-0.4, -0.2) is 14.9 Å². The van der Waals surface area contributed by atoms with Crippen molar-refractivity contribution in [2.75, 3.05) is 11.1 Å². The van der Waals surface area contributed by atoms with Crippen molar-refractivity contribution >= 4 is 38.9 Å². The number of aromatic nitrogens is 2. The number of nitrogen functional groups attached to an aromatic ring is 1. The zero-order valence-corrected chi connectivity index (χ0v) is 10.9. The van der Waals surface area contributed by atoms with Crippen LogP contribution in [0.1, 0.15) is 0 Å². The SMILES string of the molecule is Nc1ncnc(Nc2ccc(Br)c(F)c2)c1[N+](=O)[O-]. The molecule has 0 spiro atoms. The number of nitrogens with two attached hydrogens (primary N) is 1. The van der Waals surface area contributed by atoms with Crippen molar-refractivity contribution in [3.8, 4) is 0 Å². The molecule has 1 aromatic carbocycles. The average Bonchev–Trinajstić information content (AvgIpc) is 2.33. The number of halogens is 2. The summed E-state index contributed by atoms with van der Waals surface area (Å²) in [7, 11) is 0. The Labute approximate surface area is 115 Å². The van der Waals surface area contributed by atoms with Crippen LogP contribution in [0.3, 0.4) is 0 Å². The zero-order valence-electron chi connectivity index (χ0n) is 9.30. The Balaban J connectivity index is 2.40. The van der Waals surface area contributed by atoms with Crippen molar-refractivity contribution in [1.29, 1.82) is 0 Å². The van der Waals surface area contributed by atoms with Crippen LogP contribution in [0.4, 0.5) is 27.4 Å². The molecule has 19 heavy (non-hydrogen) atoms. The third-order valence-corrected chi connectivity index (χ3v) is 2.86. The molecule has 1 heterocycles. The number of nitrogens with one attached hydrogen (secondary N) is 1. The Hall–Kier alpha value is -2.29. The lowest BCUT2D eigenvalue weighted by molar-refractivity contribution is -0.383. The minimum atomic E-state index is -0.702. The fourth-order valence-corrected chi connectivity index (χ4v) is 1.62. The molecule has 2 rings (SSSR count). The van der Waals surface area contributed by atoms with Gasteiger partial charge in [0.1, 0.15) is 12.1 Å². The van der Waals surface area contributed by atoms with E-state index in [1.807, 2.05) is 0 Å². The number of nitrogens with zero attached hydrogens (tertiary/aromatic N) is 3. The van der Waals surface area contributed by atoms with Crippen LogP contribution in [0, 0.1) is 15.9 Å². The van der Waals surface area contributed by atoms with Crippen molar-refractivity contribution in [1.82, 2.24) is 9.97 Å². The van der Waals surface area contributed by atoms with E-state index in [-0.39, 0.29) is 16.1 Å². The third kappa shape index (κ3) is 2.76. The molecule has 7 nitrogen and oxygen atoms in total. The van der Waals surface area contributed by atoms with E-state index < -0.39 is 16.4 Å². The van der Waals surface area contributed by atoms with Gasteiger partial charge in [0.15, 0.2) is 0 Å². The molecule has 0 unspecified atom stereocenters. The lowest BCUT2D eigenvalue weighted by Gasteiger charge is -2.07. The largest absolute Gasteiger partial charge is 0.378 e. The molecule has 98 valence electrons. The first kappa shape index (κ1) is 13.1. The van der Waals surface area contributed by atoms with E-state index >= 15 is 0 Å². The first-order chi connectivity index (χ1) is 8.99. The standard InChI is InChI=1S/C10H7BrFN5O2/c11-6-2-1-5(3-7(6)12)16-10-8(17(18)19)9(13)14-4-15-10/h1-4H,(H3,13,14,15,16). The molecule has 0 saturated carbocycles. The summed E-state index contributed by atoms with van der Waals surface area (Å²) < 4.78 is 13.6. The molecule has 0 aliphatic carbocycles. The van der Waals surface area contributed by atoms with E-state index in [9.17, 15) is 14.5 Å². The van der Waals surface area contributed by atoms with Gasteiger partial charge in [0.05, 0.1) is 9.40 Å². The summed E-state index contributed by atoms with van der Waals surface area (Å²) in [5.41, 5.74) is 5.27. The fourth-order valence-electron chi connectivity index (χ4n) is 1.37. The van der Waals surface area contributed by atoms with E-state index in [0.717, 1.165) is 6.33 Å². The topological polar surface area (TPSA) is 107 Å². The minimum absolute atomic E-state index is 0.0979. The van der Waals surface area contributed by atoms with Gasteiger partial charge in [-0.3, -0.25) is 10.1 Å². The zero-order chi connectivity index (χ0) is 14.0. The molecule has 0 aliphatic rings. The van der Waals surface area contributed by atoms with E-state index in [1.165, 1.54) is 18.2 Å². The first-order valence-electron chi connectivity index (χ1n) is 4.96. The highest BCUT2D eigenvalue weighted by Crippen LogP contribution is 2.30. The minimum Gasteiger partial charge on any atom is -0.378 e. The smallest absolute Gasteiger partial charge is 0.353 e. The highest BCUT2D eigenvalue weighted by atomic mass is 79.9. The van der Waals surface area contributed by atoms with Gasteiger partial charge in [-0.1, -0.05) is 0 Å². The van der Waals surface area contributed by atoms with Crippen molar-refractivity contribution < 1.29 is 9.31 Å². The maximum atomic E-state index is 13.3. The van der Waals surface area contributed by atoms with Gasteiger partial charge in [-0.2, -0.15) is 0 Å². The molecular formula is C10H7BrFN5O2. The molecule has 9 heteroatoms. The molecule has 1 aromatic heterocycles. The van der Waals surface area contributed by atoms with Gasteiger partial charge in [0.25, 0.3) is 0 Å². The summed E-state index contributed by atoms with van der Waals surface area (Å²) in [5, 5.41) is 13.5. The van der Waals surface area contributed by atoms with Crippen molar-refractivity contribution in [2.24, 2.45) is 0 Å². The first-order valence-corrected chi connectivity index (χ1v) is 5.75. The number of anilines is 3. The van der Waals surface area contributed by atoms with Crippen LogP contribution in [0.2, 0.25) is 0 Å². The number of hydrogen-bond acceptors (Lipinski definition) is 6. The monoisotopic (exact) mass is 327 g/mol. The Bertz CT molecular complexity index is 652. The molecule has 0 atom stereocenters. The van der Waals surface area contributed by atoms with E-state index in [1.54, 1.807) is 0 Å². The summed E-state index contributed by atoms with van der Waals surface area (Å²) in [6, 6.07) is 4.18. The Kier molecular flexibility index (Phi) is 3.56. The van der Waals surface area contributed by atoms with Gasteiger partial charge in [-0.25, -0.2) is 14.4 Å². The number of nitro groups is 1. The molecule has 0 aliphatic heterocycles. The second-order valence-electron chi connectivity index (χ2n) is 3.47. The number of rotatable bonds is 3. The summed E-state index contributed by atoms with van der Waals surface area (Å²) in [4.78, 5) is 17.4. The number of benzene rings is 1. The molecule has 3 N–H and O–H groups in total. The summed E-state index contributed by atoms with van der Waals surface area (Å²) in [5.74, 6) is -0.867. The van der Waals surface area contributed by atoms with Crippen LogP contribution < -0.4 is 11.1 Å². The maximum absolute atomic E-state index is 13.3. The van der Waals surface area contributed by atoms with Gasteiger partial charge in [0, 0.05) is 5.69 Å². The highest BCUT2D eigenvalue weighted by Gasteiger charge is 2.21. The molecule has 0 saturated heterocycles. The van der Waals surface area contributed by atoms with Gasteiger partial charge < -0.3 is 11.1 Å². The second kappa shape index (κ2) is 5.14. The molecule has 0 radical (unpaired) electrons. The van der Waals surface area contributed by atoms with Gasteiger partial charge in [-0.15, -0.1) is 0 Å². The van der Waals surface area contributed by atoms with Crippen LogP contribution in [0.25, 0.3) is 0 Å². The molecule has 0 fully saturated rings. The normalized spacial score (nSPS) is 10.2. The van der Waals surface area contributed by atoms with Crippen LogP contribution in [0.5, 0.6) is 0 Å².